The van der Waals surface area contributed by atoms with Crippen molar-refractivity contribution in [3.05, 3.63) is 33.6 Å². The largest absolute Gasteiger partial charge is 0.326 e. The highest BCUT2D eigenvalue weighted by Gasteiger charge is 2.48. The Labute approximate surface area is 113 Å². The van der Waals surface area contributed by atoms with E-state index in [0.29, 0.717) is 10.1 Å². The van der Waals surface area contributed by atoms with Gasteiger partial charge in [0, 0.05) is 9.17 Å². The molecule has 1 heterocycles. The summed E-state index contributed by atoms with van der Waals surface area (Å²) in [7, 11) is 0. The van der Waals surface area contributed by atoms with Crippen molar-refractivity contribution in [3.63, 3.8) is 0 Å². The van der Waals surface area contributed by atoms with Crippen molar-refractivity contribution in [3.8, 4) is 0 Å². The lowest BCUT2D eigenvalue weighted by Gasteiger charge is -2.22. The van der Waals surface area contributed by atoms with Crippen molar-refractivity contribution in [2.45, 2.75) is 18.4 Å². The Morgan fingerprint density at radius 2 is 1.94 bits per heavy atom. The van der Waals surface area contributed by atoms with Gasteiger partial charge in [0.05, 0.1) is 0 Å². The molecule has 7 heteroatoms. The molecule has 0 radical (unpaired) electrons. The number of fused-ring (bicyclic) bond motifs is 1. The van der Waals surface area contributed by atoms with E-state index < -0.39 is 18.4 Å². The SMILES string of the molecule is NC(c1csc2c(Br)cccc12)C(F)(F)C(F)F. The van der Waals surface area contributed by atoms with Crippen molar-refractivity contribution in [2.24, 2.45) is 5.73 Å². The van der Waals surface area contributed by atoms with Crippen LogP contribution >= 0.6 is 27.3 Å². The predicted molar refractivity (Wildman–Crippen MR) is 67.4 cm³/mol. The van der Waals surface area contributed by atoms with Crippen LogP contribution in [0.15, 0.2) is 28.1 Å². The monoisotopic (exact) mass is 341 g/mol. The molecule has 1 atom stereocenters. The first-order chi connectivity index (χ1) is 8.35. The van der Waals surface area contributed by atoms with Gasteiger partial charge in [-0.05, 0) is 38.3 Å². The van der Waals surface area contributed by atoms with E-state index in [1.165, 1.54) is 16.7 Å². The fourth-order valence-corrected chi connectivity index (χ4v) is 3.28. The second kappa shape index (κ2) is 4.79. The first-order valence-electron chi connectivity index (χ1n) is 4.93. The van der Waals surface area contributed by atoms with Gasteiger partial charge < -0.3 is 5.73 Å². The Hall–Kier alpha value is -0.660. The molecule has 1 aromatic carbocycles. The molecule has 0 aliphatic carbocycles. The van der Waals surface area contributed by atoms with Gasteiger partial charge in [-0.3, -0.25) is 0 Å². The third kappa shape index (κ3) is 2.15. The van der Waals surface area contributed by atoms with Gasteiger partial charge in [-0.25, -0.2) is 8.78 Å². The first kappa shape index (κ1) is 13.8. The summed E-state index contributed by atoms with van der Waals surface area (Å²) in [5, 5.41) is 1.87. The lowest BCUT2D eigenvalue weighted by atomic mass is 10.0. The van der Waals surface area contributed by atoms with Crippen LogP contribution in [-0.4, -0.2) is 12.3 Å². The second-order valence-corrected chi connectivity index (χ2v) is 5.49. The first-order valence-corrected chi connectivity index (χ1v) is 6.60. The Morgan fingerprint density at radius 3 is 2.56 bits per heavy atom. The van der Waals surface area contributed by atoms with E-state index in [1.54, 1.807) is 18.2 Å². The van der Waals surface area contributed by atoms with E-state index in [4.69, 9.17) is 5.73 Å². The number of rotatable bonds is 3. The zero-order chi connectivity index (χ0) is 13.5. The summed E-state index contributed by atoms with van der Waals surface area (Å²) >= 11 is 4.46. The molecule has 0 bridgehead atoms. The van der Waals surface area contributed by atoms with Crippen molar-refractivity contribution in [2.75, 3.05) is 0 Å². The van der Waals surface area contributed by atoms with E-state index >= 15 is 0 Å². The summed E-state index contributed by atoms with van der Waals surface area (Å²) in [6.07, 6.45) is -3.78. The average Bonchev–Trinajstić information content (AvgIpc) is 2.73. The van der Waals surface area contributed by atoms with Crippen LogP contribution in [0.4, 0.5) is 17.6 Å². The highest BCUT2D eigenvalue weighted by molar-refractivity contribution is 9.10. The standard InChI is InChI=1S/C11H8BrF4NS/c12-7-3-1-2-5-6(4-18-8(5)7)9(17)11(15,16)10(13)14/h1-4,9-10H,17H2. The molecule has 0 saturated carbocycles. The molecular weight excluding hydrogens is 334 g/mol. The molecule has 0 fully saturated rings. The van der Waals surface area contributed by atoms with Gasteiger partial charge in [0.1, 0.15) is 6.04 Å². The van der Waals surface area contributed by atoms with E-state index in [1.807, 2.05) is 0 Å². The lowest BCUT2D eigenvalue weighted by Crippen LogP contribution is -2.39. The highest BCUT2D eigenvalue weighted by Crippen LogP contribution is 2.41. The van der Waals surface area contributed by atoms with Crippen LogP contribution in [0.25, 0.3) is 10.1 Å². The van der Waals surface area contributed by atoms with Crippen LogP contribution in [0.2, 0.25) is 0 Å². The van der Waals surface area contributed by atoms with Gasteiger partial charge in [0.2, 0.25) is 0 Å². The molecule has 18 heavy (non-hydrogen) atoms. The van der Waals surface area contributed by atoms with Gasteiger partial charge in [0.25, 0.3) is 0 Å². The fraction of sp³-hybridized carbons (Fsp3) is 0.273. The molecule has 0 saturated heterocycles. The van der Waals surface area contributed by atoms with Crippen LogP contribution < -0.4 is 5.73 Å². The molecule has 2 N–H and O–H groups in total. The summed E-state index contributed by atoms with van der Waals surface area (Å²) in [5.74, 6) is -4.24. The normalized spacial score (nSPS) is 14.4. The number of thiophene rings is 1. The van der Waals surface area contributed by atoms with Gasteiger partial charge in [-0.2, -0.15) is 8.78 Å². The number of nitrogens with two attached hydrogens (primary N) is 1. The molecule has 0 aliphatic rings. The van der Waals surface area contributed by atoms with Gasteiger partial charge in [-0.1, -0.05) is 12.1 Å². The van der Waals surface area contributed by atoms with E-state index in [0.717, 1.165) is 4.47 Å². The maximum Gasteiger partial charge on any atom is 0.326 e. The van der Waals surface area contributed by atoms with Gasteiger partial charge in [0.15, 0.2) is 0 Å². The third-order valence-corrected chi connectivity index (χ3v) is 4.59. The average molecular weight is 342 g/mol. The van der Waals surface area contributed by atoms with Gasteiger partial charge in [-0.15, -0.1) is 11.3 Å². The molecule has 2 rings (SSSR count). The Bertz CT molecular complexity index is 569. The number of hydrogen-bond donors (Lipinski definition) is 1. The smallest absolute Gasteiger partial charge is 0.319 e. The van der Waals surface area contributed by atoms with E-state index in [-0.39, 0.29) is 5.56 Å². The van der Waals surface area contributed by atoms with Crippen LogP contribution in [0.3, 0.4) is 0 Å². The Morgan fingerprint density at radius 1 is 1.28 bits per heavy atom. The van der Waals surface area contributed by atoms with Crippen molar-refractivity contribution < 1.29 is 17.6 Å². The minimum Gasteiger partial charge on any atom is -0.319 e. The molecular formula is C11H8BrF4NS. The van der Waals surface area contributed by atoms with Crippen molar-refractivity contribution >= 4 is 37.4 Å². The molecule has 1 nitrogen and oxygen atoms in total. The lowest BCUT2D eigenvalue weighted by molar-refractivity contribution is -0.144. The number of alkyl halides is 4. The minimum atomic E-state index is -4.24. The summed E-state index contributed by atoms with van der Waals surface area (Å²) < 4.78 is 52.5. The van der Waals surface area contributed by atoms with E-state index in [9.17, 15) is 17.6 Å². The number of halogens is 5. The minimum absolute atomic E-state index is 0.0431. The van der Waals surface area contributed by atoms with Crippen LogP contribution in [0.5, 0.6) is 0 Å². The summed E-state index contributed by atoms with van der Waals surface area (Å²) in [4.78, 5) is 0. The number of hydrogen-bond acceptors (Lipinski definition) is 2. The number of benzene rings is 1. The van der Waals surface area contributed by atoms with Crippen LogP contribution in [0.1, 0.15) is 11.6 Å². The zero-order valence-electron chi connectivity index (χ0n) is 8.84. The molecule has 1 aromatic heterocycles. The summed E-state index contributed by atoms with van der Waals surface area (Å²) in [6.45, 7) is 0. The van der Waals surface area contributed by atoms with Crippen molar-refractivity contribution in [1.29, 1.82) is 0 Å². The Kier molecular flexibility index (Phi) is 3.66. The fourth-order valence-electron chi connectivity index (χ4n) is 1.63. The zero-order valence-corrected chi connectivity index (χ0v) is 11.2. The molecule has 98 valence electrons. The molecule has 1 unspecified atom stereocenters. The van der Waals surface area contributed by atoms with Gasteiger partial charge >= 0.3 is 12.3 Å². The summed E-state index contributed by atoms with van der Waals surface area (Å²) in [5.41, 5.74) is 5.34. The molecule has 0 spiro atoms. The third-order valence-electron chi connectivity index (χ3n) is 2.62. The van der Waals surface area contributed by atoms with Crippen LogP contribution in [0, 0.1) is 0 Å². The Balaban J connectivity index is 2.52. The molecule has 0 amide bonds. The van der Waals surface area contributed by atoms with Crippen molar-refractivity contribution in [1.82, 2.24) is 0 Å². The van der Waals surface area contributed by atoms with E-state index in [2.05, 4.69) is 15.9 Å². The van der Waals surface area contributed by atoms with Crippen LogP contribution in [-0.2, 0) is 0 Å². The predicted octanol–water partition coefficient (Wildman–Crippen LogP) is 4.56. The highest BCUT2D eigenvalue weighted by atomic mass is 79.9. The quantitative estimate of drug-likeness (QED) is 0.813. The maximum atomic E-state index is 13.2. The molecule has 2 aromatic rings. The molecule has 0 aliphatic heterocycles. The topological polar surface area (TPSA) is 26.0 Å². The second-order valence-electron chi connectivity index (χ2n) is 3.76. The maximum absolute atomic E-state index is 13.2. The summed E-state index contributed by atoms with van der Waals surface area (Å²) in [6, 6.07) is 2.98.